The van der Waals surface area contributed by atoms with E-state index in [-0.39, 0.29) is 10.8 Å². The molecule has 0 aliphatic rings. The summed E-state index contributed by atoms with van der Waals surface area (Å²) in [7, 11) is 1.63. The minimum Gasteiger partial charge on any atom is -0.497 e. The van der Waals surface area contributed by atoms with Crippen molar-refractivity contribution in [2.45, 2.75) is 32.7 Å². The van der Waals surface area contributed by atoms with E-state index in [4.69, 9.17) is 16.3 Å². The number of carboxylic acid groups (broad SMARTS) is 1. The number of benzene rings is 1. The Morgan fingerprint density at radius 1 is 1.44 bits per heavy atom. The normalized spacial score (nSPS) is 11.2. The number of nitrogens with zero attached hydrogens (tertiary/aromatic N) is 2. The highest BCUT2D eigenvalue weighted by Crippen LogP contribution is 2.31. The second-order valence-electron chi connectivity index (χ2n) is 5.79. The van der Waals surface area contributed by atoms with Crippen molar-refractivity contribution in [3.63, 3.8) is 0 Å². The number of fused-ring (bicyclic) bond motifs is 1. The molecule has 0 bridgehead atoms. The highest BCUT2D eigenvalue weighted by atomic mass is 35.5. The van der Waals surface area contributed by atoms with Crippen LogP contribution in [0.25, 0.3) is 10.1 Å². The minimum atomic E-state index is -1.06. The van der Waals surface area contributed by atoms with Crippen LogP contribution in [0.1, 0.15) is 41.6 Å². The maximum Gasteiger partial charge on any atom is 0.355 e. The van der Waals surface area contributed by atoms with Gasteiger partial charge in [-0.25, -0.2) is 9.78 Å². The molecule has 1 N–H and O–H groups in total. The van der Waals surface area contributed by atoms with Crippen molar-refractivity contribution >= 4 is 39.0 Å². The lowest BCUT2D eigenvalue weighted by molar-refractivity contribution is 0.0685. The molecule has 0 aliphatic carbocycles. The van der Waals surface area contributed by atoms with E-state index in [0.717, 1.165) is 34.2 Å². The van der Waals surface area contributed by atoms with Crippen LogP contribution in [0.2, 0.25) is 5.15 Å². The Kier molecular flexibility index (Phi) is 5.30. The van der Waals surface area contributed by atoms with Crippen LogP contribution in [-0.2, 0) is 13.0 Å². The summed E-state index contributed by atoms with van der Waals surface area (Å²) in [5.41, 5.74) is 1.09. The standard InChI is InChI=1S/C18H19ClN2O3S/c1-3-4-5-15-20-17(19)16(18(22)23)21(15)9-11-10-25-14-7-6-12(24-2)8-13(11)14/h6-8,10H,3-5,9H2,1-2H3,(H,22,23). The lowest BCUT2D eigenvalue weighted by atomic mass is 10.1. The Balaban J connectivity index is 2.06. The van der Waals surface area contributed by atoms with Crippen LogP contribution in [-0.4, -0.2) is 27.7 Å². The van der Waals surface area contributed by atoms with Crippen LogP contribution in [0, 0.1) is 0 Å². The molecule has 2 aromatic heterocycles. The summed E-state index contributed by atoms with van der Waals surface area (Å²) in [5.74, 6) is 0.435. The number of thiophene rings is 1. The van der Waals surface area contributed by atoms with Crippen LogP contribution in [0.3, 0.4) is 0 Å². The molecule has 2 heterocycles. The van der Waals surface area contributed by atoms with Crippen LogP contribution in [0.5, 0.6) is 5.75 Å². The molecule has 0 saturated heterocycles. The summed E-state index contributed by atoms with van der Waals surface area (Å²) >= 11 is 7.73. The third-order valence-corrected chi connectivity index (χ3v) is 5.43. The summed E-state index contributed by atoms with van der Waals surface area (Å²) in [6, 6.07) is 5.91. The maximum atomic E-state index is 11.7. The smallest absolute Gasteiger partial charge is 0.355 e. The second-order valence-corrected chi connectivity index (χ2v) is 7.05. The number of rotatable bonds is 7. The van der Waals surface area contributed by atoms with E-state index in [1.54, 1.807) is 23.0 Å². The van der Waals surface area contributed by atoms with Crippen LogP contribution >= 0.6 is 22.9 Å². The predicted octanol–water partition coefficient (Wildman–Crippen LogP) is 4.85. The minimum absolute atomic E-state index is 0.0509. The number of carbonyl (C=O) groups is 1. The van der Waals surface area contributed by atoms with Gasteiger partial charge in [-0.1, -0.05) is 24.9 Å². The fourth-order valence-electron chi connectivity index (χ4n) is 2.85. The van der Waals surface area contributed by atoms with Gasteiger partial charge in [0.15, 0.2) is 10.8 Å². The number of methoxy groups -OCH3 is 1. The molecule has 1 aromatic carbocycles. The van der Waals surface area contributed by atoms with E-state index in [1.807, 2.05) is 23.6 Å². The molecule has 5 nitrogen and oxygen atoms in total. The van der Waals surface area contributed by atoms with E-state index in [9.17, 15) is 9.90 Å². The Bertz CT molecular complexity index is 917. The average Bonchev–Trinajstić information content (AvgIpc) is 3.13. The number of imidazole rings is 1. The number of ether oxygens (including phenoxy) is 1. The molecule has 3 rings (SSSR count). The lowest BCUT2D eigenvalue weighted by Gasteiger charge is -2.10. The van der Waals surface area contributed by atoms with Crippen LogP contribution in [0.4, 0.5) is 0 Å². The van der Waals surface area contributed by atoms with Crippen LogP contribution < -0.4 is 4.74 Å². The summed E-state index contributed by atoms with van der Waals surface area (Å²) in [6.45, 7) is 2.51. The Morgan fingerprint density at radius 2 is 2.24 bits per heavy atom. The molecule has 25 heavy (non-hydrogen) atoms. The first-order valence-electron chi connectivity index (χ1n) is 8.07. The van der Waals surface area contributed by atoms with Gasteiger partial charge in [-0.2, -0.15) is 0 Å². The molecule has 3 aromatic rings. The fraction of sp³-hybridized carbons (Fsp3) is 0.333. The summed E-state index contributed by atoms with van der Waals surface area (Å²) in [6.07, 6.45) is 2.64. The van der Waals surface area contributed by atoms with Gasteiger partial charge in [0.2, 0.25) is 0 Å². The zero-order valence-corrected chi connectivity index (χ0v) is 15.7. The highest BCUT2D eigenvalue weighted by Gasteiger charge is 2.22. The molecular weight excluding hydrogens is 360 g/mol. The molecule has 7 heteroatoms. The van der Waals surface area contributed by atoms with Gasteiger partial charge in [-0.15, -0.1) is 11.3 Å². The Hall–Kier alpha value is -2.05. The molecule has 0 atom stereocenters. The summed E-state index contributed by atoms with van der Waals surface area (Å²) in [4.78, 5) is 15.9. The van der Waals surface area contributed by atoms with E-state index in [2.05, 4.69) is 11.9 Å². The summed E-state index contributed by atoms with van der Waals surface area (Å²) in [5, 5.41) is 12.7. The fourth-order valence-corrected chi connectivity index (χ4v) is 4.06. The van der Waals surface area contributed by atoms with Gasteiger partial charge >= 0.3 is 5.97 Å². The van der Waals surface area contributed by atoms with Gasteiger partial charge < -0.3 is 14.4 Å². The zero-order valence-electron chi connectivity index (χ0n) is 14.1. The van der Waals surface area contributed by atoms with Crippen molar-refractivity contribution in [2.75, 3.05) is 7.11 Å². The summed E-state index contributed by atoms with van der Waals surface area (Å²) < 4.78 is 8.17. The second kappa shape index (κ2) is 7.45. The number of aromatic carboxylic acids is 1. The monoisotopic (exact) mass is 378 g/mol. The molecule has 0 fully saturated rings. The molecule has 0 aliphatic heterocycles. The van der Waals surface area contributed by atoms with E-state index < -0.39 is 5.97 Å². The van der Waals surface area contributed by atoms with Crippen molar-refractivity contribution in [1.82, 2.24) is 9.55 Å². The molecule has 0 radical (unpaired) electrons. The lowest BCUT2D eigenvalue weighted by Crippen LogP contribution is -2.12. The van der Waals surface area contributed by atoms with Crippen molar-refractivity contribution in [2.24, 2.45) is 0 Å². The Labute approximate surface area is 154 Å². The van der Waals surface area contributed by atoms with Crippen molar-refractivity contribution < 1.29 is 14.6 Å². The molecule has 132 valence electrons. The van der Waals surface area contributed by atoms with Gasteiger partial charge in [0, 0.05) is 16.5 Å². The molecular formula is C18H19ClN2O3S. The van der Waals surface area contributed by atoms with Crippen molar-refractivity contribution in [1.29, 1.82) is 0 Å². The van der Waals surface area contributed by atoms with Gasteiger partial charge in [0.25, 0.3) is 0 Å². The molecule has 0 unspecified atom stereocenters. The SMILES string of the molecule is CCCCc1nc(Cl)c(C(=O)O)n1Cc1csc2ccc(OC)cc12. The number of carboxylic acids is 1. The van der Waals surface area contributed by atoms with Gasteiger partial charge in [0.1, 0.15) is 11.6 Å². The van der Waals surface area contributed by atoms with E-state index >= 15 is 0 Å². The highest BCUT2D eigenvalue weighted by molar-refractivity contribution is 7.17. The van der Waals surface area contributed by atoms with Crippen LogP contribution in [0.15, 0.2) is 23.6 Å². The predicted molar refractivity (Wildman–Crippen MR) is 100 cm³/mol. The third kappa shape index (κ3) is 3.50. The zero-order chi connectivity index (χ0) is 18.0. The number of halogens is 1. The van der Waals surface area contributed by atoms with Crippen molar-refractivity contribution in [3.05, 3.63) is 45.8 Å². The number of aryl methyl sites for hydroxylation is 1. The van der Waals surface area contributed by atoms with E-state index in [0.29, 0.717) is 18.8 Å². The molecule has 0 saturated carbocycles. The Morgan fingerprint density at radius 3 is 2.92 bits per heavy atom. The topological polar surface area (TPSA) is 64.3 Å². The maximum absolute atomic E-state index is 11.7. The third-order valence-electron chi connectivity index (χ3n) is 4.15. The molecule has 0 amide bonds. The number of hydrogen-bond donors (Lipinski definition) is 1. The first kappa shape index (κ1) is 17.8. The van der Waals surface area contributed by atoms with Gasteiger partial charge in [0.05, 0.1) is 13.7 Å². The van der Waals surface area contributed by atoms with E-state index in [1.165, 1.54) is 0 Å². The number of aromatic nitrogens is 2. The first-order chi connectivity index (χ1) is 12.0. The van der Waals surface area contributed by atoms with Gasteiger partial charge in [-0.05, 0) is 35.6 Å². The largest absolute Gasteiger partial charge is 0.497 e. The number of hydrogen-bond acceptors (Lipinski definition) is 4. The first-order valence-corrected chi connectivity index (χ1v) is 9.33. The van der Waals surface area contributed by atoms with Crippen molar-refractivity contribution in [3.8, 4) is 5.75 Å². The number of unbranched alkanes of at least 4 members (excludes halogenated alkanes) is 1. The molecule has 0 spiro atoms. The van der Waals surface area contributed by atoms with Gasteiger partial charge in [-0.3, -0.25) is 0 Å². The average molecular weight is 379 g/mol. The quantitative estimate of drug-likeness (QED) is 0.638.